The molecular weight excluding hydrogens is 405 g/mol. The van der Waals surface area contributed by atoms with Gasteiger partial charge in [0.25, 0.3) is 0 Å². The standard InChI is InChI=1S/C18H18INO3/c1-12(13-7-3-2-4-8-13)14(11-17(21)22)18(23)20-16-10-6-5-9-15(16)19/h2-10,12,14H,11H2,1H3,(H,20,23)(H,21,22)/t12-,14-/m0/s1. The lowest BCUT2D eigenvalue weighted by Gasteiger charge is -2.22. The van der Waals surface area contributed by atoms with Crippen molar-refractivity contribution < 1.29 is 14.7 Å². The Kier molecular flexibility index (Phi) is 6.15. The zero-order chi connectivity index (χ0) is 16.8. The molecule has 2 N–H and O–H groups in total. The van der Waals surface area contributed by atoms with Crippen molar-refractivity contribution in [2.75, 3.05) is 5.32 Å². The van der Waals surface area contributed by atoms with Crippen LogP contribution in [0.25, 0.3) is 0 Å². The van der Waals surface area contributed by atoms with Crippen molar-refractivity contribution >= 4 is 40.2 Å². The molecule has 5 heteroatoms. The third kappa shape index (κ3) is 4.79. The highest BCUT2D eigenvalue weighted by molar-refractivity contribution is 14.1. The van der Waals surface area contributed by atoms with Crippen LogP contribution < -0.4 is 5.32 Å². The first-order chi connectivity index (χ1) is 11.0. The maximum atomic E-state index is 12.6. The topological polar surface area (TPSA) is 66.4 Å². The molecule has 0 spiro atoms. The van der Waals surface area contributed by atoms with E-state index in [2.05, 4.69) is 27.9 Å². The zero-order valence-electron chi connectivity index (χ0n) is 12.7. The van der Waals surface area contributed by atoms with Gasteiger partial charge in [-0.25, -0.2) is 0 Å². The lowest BCUT2D eigenvalue weighted by atomic mass is 9.84. The second-order valence-corrected chi connectivity index (χ2v) is 6.54. The molecular formula is C18H18INO3. The van der Waals surface area contributed by atoms with Crippen molar-refractivity contribution in [2.45, 2.75) is 19.3 Å². The quantitative estimate of drug-likeness (QED) is 0.687. The van der Waals surface area contributed by atoms with Crippen molar-refractivity contribution in [2.24, 2.45) is 5.92 Å². The van der Waals surface area contributed by atoms with E-state index in [0.717, 1.165) is 9.13 Å². The average Bonchev–Trinajstić information content (AvgIpc) is 2.54. The van der Waals surface area contributed by atoms with Crippen molar-refractivity contribution in [3.8, 4) is 0 Å². The Hall–Kier alpha value is -1.89. The van der Waals surface area contributed by atoms with E-state index < -0.39 is 11.9 Å². The number of carbonyl (C=O) groups is 2. The van der Waals surface area contributed by atoms with E-state index in [4.69, 9.17) is 5.11 Å². The Labute approximate surface area is 149 Å². The summed E-state index contributed by atoms with van der Waals surface area (Å²) in [4.78, 5) is 23.8. The fourth-order valence-electron chi connectivity index (χ4n) is 2.46. The van der Waals surface area contributed by atoms with Gasteiger partial charge in [0.2, 0.25) is 5.91 Å². The number of hydrogen-bond acceptors (Lipinski definition) is 2. The van der Waals surface area contributed by atoms with Gasteiger partial charge in [-0.3, -0.25) is 9.59 Å². The number of nitrogens with one attached hydrogen (secondary N) is 1. The van der Waals surface area contributed by atoms with Crippen LogP contribution in [0.4, 0.5) is 5.69 Å². The summed E-state index contributed by atoms with van der Waals surface area (Å²) in [6.45, 7) is 1.89. The Morgan fingerprint density at radius 1 is 1.09 bits per heavy atom. The highest BCUT2D eigenvalue weighted by Gasteiger charge is 2.29. The molecule has 2 rings (SSSR count). The first-order valence-electron chi connectivity index (χ1n) is 7.31. The third-order valence-corrected chi connectivity index (χ3v) is 4.73. The number of amides is 1. The molecule has 0 aliphatic heterocycles. The molecule has 2 aromatic carbocycles. The number of carbonyl (C=O) groups excluding carboxylic acids is 1. The largest absolute Gasteiger partial charge is 0.481 e. The number of halogens is 1. The summed E-state index contributed by atoms with van der Waals surface area (Å²) in [5.74, 6) is -2.07. The van der Waals surface area contributed by atoms with Gasteiger partial charge < -0.3 is 10.4 Å². The molecule has 1 amide bonds. The van der Waals surface area contributed by atoms with Crippen LogP contribution in [0.15, 0.2) is 54.6 Å². The molecule has 2 atom stereocenters. The van der Waals surface area contributed by atoms with Crippen LogP contribution in [0.5, 0.6) is 0 Å². The van der Waals surface area contributed by atoms with Crippen LogP contribution in [-0.2, 0) is 9.59 Å². The predicted molar refractivity (Wildman–Crippen MR) is 98.4 cm³/mol. The van der Waals surface area contributed by atoms with E-state index in [9.17, 15) is 9.59 Å². The molecule has 0 radical (unpaired) electrons. The lowest BCUT2D eigenvalue weighted by Crippen LogP contribution is -2.29. The van der Waals surface area contributed by atoms with Gasteiger partial charge in [0, 0.05) is 3.57 Å². The van der Waals surface area contributed by atoms with Gasteiger partial charge in [-0.2, -0.15) is 0 Å². The van der Waals surface area contributed by atoms with Gasteiger partial charge in [0.15, 0.2) is 0 Å². The van der Waals surface area contributed by atoms with Gasteiger partial charge in [0.1, 0.15) is 0 Å². The Morgan fingerprint density at radius 2 is 1.70 bits per heavy atom. The number of carboxylic acids is 1. The minimum atomic E-state index is -0.976. The summed E-state index contributed by atoms with van der Waals surface area (Å²) >= 11 is 2.14. The fraction of sp³-hybridized carbons (Fsp3) is 0.222. The summed E-state index contributed by atoms with van der Waals surface area (Å²) in [6, 6.07) is 16.9. The molecule has 0 unspecified atom stereocenters. The van der Waals surface area contributed by atoms with E-state index in [1.165, 1.54) is 0 Å². The molecule has 0 saturated carbocycles. The lowest BCUT2D eigenvalue weighted by molar-refractivity contribution is -0.140. The van der Waals surface area contributed by atoms with Gasteiger partial charge in [-0.15, -0.1) is 0 Å². The number of anilines is 1. The molecule has 4 nitrogen and oxygen atoms in total. The highest BCUT2D eigenvalue weighted by Crippen LogP contribution is 2.29. The first-order valence-corrected chi connectivity index (χ1v) is 8.39. The number of aliphatic carboxylic acids is 1. The highest BCUT2D eigenvalue weighted by atomic mass is 127. The fourth-order valence-corrected chi connectivity index (χ4v) is 2.98. The van der Waals surface area contributed by atoms with E-state index in [1.54, 1.807) is 0 Å². The second kappa shape index (κ2) is 8.10. The minimum Gasteiger partial charge on any atom is -0.481 e. The maximum absolute atomic E-state index is 12.6. The van der Waals surface area contributed by atoms with Gasteiger partial charge >= 0.3 is 5.97 Å². The normalized spacial score (nSPS) is 13.1. The Morgan fingerprint density at radius 3 is 2.30 bits per heavy atom. The molecule has 0 fully saturated rings. The van der Waals surface area contributed by atoms with Crippen LogP contribution in [-0.4, -0.2) is 17.0 Å². The molecule has 0 heterocycles. The monoisotopic (exact) mass is 423 g/mol. The van der Waals surface area contributed by atoms with Crippen molar-refractivity contribution in [3.63, 3.8) is 0 Å². The van der Waals surface area contributed by atoms with Crippen LogP contribution in [0.1, 0.15) is 24.8 Å². The molecule has 0 saturated heterocycles. The SMILES string of the molecule is C[C@@H](c1ccccc1)[C@H](CC(=O)O)C(=O)Nc1ccccc1I. The number of hydrogen-bond donors (Lipinski definition) is 2. The van der Waals surface area contributed by atoms with Crippen molar-refractivity contribution in [1.82, 2.24) is 0 Å². The van der Waals surface area contributed by atoms with Crippen LogP contribution in [0.2, 0.25) is 0 Å². The minimum absolute atomic E-state index is 0.186. The van der Waals surface area contributed by atoms with E-state index in [0.29, 0.717) is 5.69 Å². The smallest absolute Gasteiger partial charge is 0.304 e. The Bertz CT molecular complexity index is 688. The summed E-state index contributed by atoms with van der Waals surface area (Å²) in [5, 5.41) is 12.0. The number of para-hydroxylation sites is 1. The maximum Gasteiger partial charge on any atom is 0.304 e. The molecule has 2 aromatic rings. The van der Waals surface area contributed by atoms with Gasteiger partial charge in [-0.05, 0) is 46.2 Å². The molecule has 23 heavy (non-hydrogen) atoms. The van der Waals surface area contributed by atoms with Crippen molar-refractivity contribution in [3.05, 3.63) is 63.7 Å². The van der Waals surface area contributed by atoms with Crippen molar-refractivity contribution in [1.29, 1.82) is 0 Å². The molecule has 0 aromatic heterocycles. The second-order valence-electron chi connectivity index (χ2n) is 5.37. The molecule has 0 aliphatic carbocycles. The average molecular weight is 423 g/mol. The first kappa shape index (κ1) is 17.5. The van der Waals surface area contributed by atoms with Crippen LogP contribution in [0.3, 0.4) is 0 Å². The summed E-state index contributed by atoms with van der Waals surface area (Å²) in [5.41, 5.74) is 1.66. The van der Waals surface area contributed by atoms with E-state index in [-0.39, 0.29) is 18.2 Å². The number of benzene rings is 2. The Balaban J connectivity index is 2.22. The molecule has 0 aliphatic rings. The molecule has 0 bridgehead atoms. The van der Waals surface area contributed by atoms with Crippen LogP contribution >= 0.6 is 22.6 Å². The number of carboxylic acid groups (broad SMARTS) is 1. The summed E-state index contributed by atoms with van der Waals surface area (Å²) in [6.07, 6.45) is -0.203. The summed E-state index contributed by atoms with van der Waals surface area (Å²) in [7, 11) is 0. The zero-order valence-corrected chi connectivity index (χ0v) is 14.9. The summed E-state index contributed by atoms with van der Waals surface area (Å²) < 4.78 is 0.917. The molecule has 120 valence electrons. The van der Waals surface area contributed by atoms with Gasteiger partial charge in [-0.1, -0.05) is 49.4 Å². The predicted octanol–water partition coefficient (Wildman–Crippen LogP) is 4.12. The van der Waals surface area contributed by atoms with Crippen LogP contribution in [0, 0.1) is 9.49 Å². The van der Waals surface area contributed by atoms with E-state index >= 15 is 0 Å². The van der Waals surface area contributed by atoms with E-state index in [1.807, 2.05) is 61.5 Å². The third-order valence-electron chi connectivity index (χ3n) is 3.79. The number of rotatable bonds is 6. The van der Waals surface area contributed by atoms with Gasteiger partial charge in [0.05, 0.1) is 18.0 Å².